The lowest BCUT2D eigenvalue weighted by Gasteiger charge is -2.46. The molecule has 0 heterocycles. The third-order valence-corrected chi connectivity index (χ3v) is 13.8. The second-order valence-electron chi connectivity index (χ2n) is 19.8. The Morgan fingerprint density at radius 3 is 0.590 bits per heavy atom. The van der Waals surface area contributed by atoms with E-state index in [-0.39, 0.29) is 11.2 Å². The van der Waals surface area contributed by atoms with Crippen molar-refractivity contribution >= 4 is 39.2 Å². The molecule has 0 saturated heterocycles. The largest absolute Gasteiger partial charge is 0.416 e. The summed E-state index contributed by atoms with van der Waals surface area (Å²) in [5, 5.41) is 0. The fourth-order valence-electron chi connectivity index (χ4n) is 9.20. The maximum Gasteiger partial charge on any atom is 0.416 e. The molecule has 0 saturated carbocycles. The zero-order valence-electron chi connectivity index (χ0n) is 43.8. The van der Waals surface area contributed by atoms with Gasteiger partial charge in [0.1, 0.15) is 36.4 Å². The maximum absolute atomic E-state index is 14.2. The minimum atomic E-state index is -6.13. The van der Waals surface area contributed by atoms with Crippen molar-refractivity contribution in [3.63, 3.8) is 0 Å². The average Bonchev–Trinajstić information content (AvgIpc) is 0.998. The minimum Gasteiger partial charge on any atom is -0.194 e. The molecule has 4 aromatic rings. The molecule has 83 heavy (non-hydrogen) atoms. The number of halogens is 27. The van der Waals surface area contributed by atoms with E-state index in [0.717, 1.165) is 25.9 Å². The molecule has 0 aliphatic rings. The third-order valence-electron chi connectivity index (χ3n) is 13.1. The van der Waals surface area contributed by atoms with E-state index in [1.54, 1.807) is 0 Å². The van der Waals surface area contributed by atoms with E-state index in [0.29, 0.717) is 6.42 Å². The quantitative estimate of drug-likeness (QED) is 0.0311. The van der Waals surface area contributed by atoms with Crippen molar-refractivity contribution in [1.82, 2.24) is 0 Å². The summed E-state index contributed by atoms with van der Waals surface area (Å²) < 4.78 is 382. The van der Waals surface area contributed by atoms with E-state index in [4.69, 9.17) is 4.18 Å². The highest BCUT2D eigenvalue weighted by Crippen LogP contribution is 2.42. The van der Waals surface area contributed by atoms with E-state index in [1.165, 1.54) is 77.0 Å². The molecule has 0 unspecified atom stereocenters. The lowest BCUT2D eigenvalue weighted by molar-refractivity contribution is -0.144. The first kappa shape index (κ1) is 72.6. The molecule has 1 nitrogen and oxygen atoms in total. The lowest BCUT2D eigenvalue weighted by Crippen LogP contribution is -2.75. The van der Waals surface area contributed by atoms with Gasteiger partial charge in [-0.15, -0.1) is 0 Å². The van der Waals surface area contributed by atoms with Gasteiger partial charge in [0.25, 0.3) is 0 Å². The summed E-state index contributed by atoms with van der Waals surface area (Å²) in [6.45, 7) is 0.920. The SMILES string of the molecule is C[S+](C)OCCCCCCCCCCCCCCCCCCC(F)(F)F.FC(F)(F)c1cc([B-](c2cc(C(F)(F)F)cc(C(F)(F)F)c2)(c2cc(C(F)(F)F)cc(C(F)(F)F)c2)c2cc(C(F)(F)F)cc(C(F)(F)F)c2)cc(C(F)(F)F)c1. The Kier molecular flexibility index (Phi) is 25.1. The standard InChI is InChI=1S/C32H12BF24.C21H42F3OS/c34-25(35,36)13-1-14(26(37,38)39)6-21(5-13)33(22-7-15(27(40,41)42)2-16(8-22)28(43,44)45,23-9-17(29(46,47)48)3-18(10-23)30(49,50)51)24-11-19(31(52,53)54)4-20(12-24)32(55,56)57;1-26(2)25-20-18-16-14-12-10-8-6-4-3-5-7-9-11-13-15-17-19-21(22,23)24/h1-12H;3-20H2,1-2H3/q-1;+1. The monoisotopic (exact) mass is 1260 g/mol. The van der Waals surface area contributed by atoms with Crippen molar-refractivity contribution in [2.75, 3.05) is 19.1 Å². The Bertz CT molecular complexity index is 2210. The van der Waals surface area contributed by atoms with Gasteiger partial charge in [0.15, 0.2) is 0 Å². The molecular weight excluding hydrogens is 1210 g/mol. The van der Waals surface area contributed by atoms with Gasteiger partial charge in [-0.1, -0.05) is 138 Å². The van der Waals surface area contributed by atoms with Gasteiger partial charge in [-0.3, -0.25) is 0 Å². The molecule has 0 bridgehead atoms. The predicted octanol–water partition coefficient (Wildman–Crippen LogP) is 19.2. The first-order valence-corrected chi connectivity index (χ1v) is 27.3. The molecular formula is C53H54BF27OS. The molecule has 470 valence electrons. The number of rotatable bonds is 23. The van der Waals surface area contributed by atoms with Gasteiger partial charge in [-0.05, 0) is 37.1 Å². The molecule has 0 aliphatic heterocycles. The van der Waals surface area contributed by atoms with Crippen molar-refractivity contribution in [3.8, 4) is 0 Å². The Hall–Kier alpha value is -4.64. The van der Waals surface area contributed by atoms with Crippen LogP contribution in [0, 0.1) is 0 Å². The highest BCUT2D eigenvalue weighted by molar-refractivity contribution is 7.90. The van der Waals surface area contributed by atoms with Crippen LogP contribution in [0.3, 0.4) is 0 Å². The van der Waals surface area contributed by atoms with Crippen molar-refractivity contribution < 1.29 is 123 Å². The molecule has 0 spiro atoms. The van der Waals surface area contributed by atoms with Crippen molar-refractivity contribution in [2.24, 2.45) is 0 Å². The number of hydrogen-bond donors (Lipinski definition) is 0. The highest BCUT2D eigenvalue weighted by atomic mass is 32.2. The van der Waals surface area contributed by atoms with Crippen LogP contribution in [0.25, 0.3) is 0 Å². The number of unbranched alkanes of at least 4 members (excludes halogenated alkanes) is 15. The average molecular weight is 1260 g/mol. The number of alkyl halides is 27. The van der Waals surface area contributed by atoms with Crippen LogP contribution in [0.15, 0.2) is 72.8 Å². The second kappa shape index (κ2) is 28.7. The minimum absolute atomic E-state index is 0.126. The molecule has 0 aromatic heterocycles. The number of benzene rings is 4. The summed E-state index contributed by atoms with van der Waals surface area (Å²) in [5.74, 6) is 0. The zero-order valence-corrected chi connectivity index (χ0v) is 44.6. The number of hydrogen-bond acceptors (Lipinski definition) is 1. The molecule has 4 aromatic carbocycles. The Morgan fingerprint density at radius 1 is 0.265 bits per heavy atom. The van der Waals surface area contributed by atoms with Gasteiger partial charge in [0.2, 0.25) is 0 Å². The molecule has 0 N–H and O–H groups in total. The molecule has 0 radical (unpaired) electrons. The smallest absolute Gasteiger partial charge is 0.194 e. The van der Waals surface area contributed by atoms with Crippen molar-refractivity contribution in [1.29, 1.82) is 0 Å². The van der Waals surface area contributed by atoms with Gasteiger partial charge in [-0.25, -0.2) is 0 Å². The van der Waals surface area contributed by atoms with Crippen molar-refractivity contribution in [3.05, 3.63) is 117 Å². The topological polar surface area (TPSA) is 9.23 Å². The molecule has 0 atom stereocenters. The van der Waals surface area contributed by atoms with Crippen molar-refractivity contribution in [2.45, 2.75) is 165 Å². The summed E-state index contributed by atoms with van der Waals surface area (Å²) in [7, 11) is 0. The summed E-state index contributed by atoms with van der Waals surface area (Å²) >= 11 is 0.126. The molecule has 0 fully saturated rings. The van der Waals surface area contributed by atoms with Crippen LogP contribution in [0.2, 0.25) is 0 Å². The summed E-state index contributed by atoms with van der Waals surface area (Å²) in [6, 6.07) is -8.81. The first-order valence-electron chi connectivity index (χ1n) is 25.3. The van der Waals surface area contributed by atoms with E-state index in [1.807, 2.05) is 0 Å². The third kappa shape index (κ3) is 23.0. The van der Waals surface area contributed by atoms with Crippen LogP contribution < -0.4 is 21.9 Å². The predicted molar refractivity (Wildman–Crippen MR) is 260 cm³/mol. The van der Waals surface area contributed by atoms with Gasteiger partial charge in [0, 0.05) is 6.42 Å². The van der Waals surface area contributed by atoms with Gasteiger partial charge >= 0.3 is 55.6 Å². The van der Waals surface area contributed by atoms with Crippen LogP contribution >= 0.6 is 0 Å². The fraction of sp³-hybridized carbons (Fsp3) is 0.547. The van der Waals surface area contributed by atoms with Crippen LogP contribution in [-0.2, 0) is 64.8 Å². The van der Waals surface area contributed by atoms with Crippen LogP contribution in [0.5, 0.6) is 0 Å². The van der Waals surface area contributed by atoms with E-state index in [2.05, 4.69) is 12.5 Å². The van der Waals surface area contributed by atoms with Crippen LogP contribution in [0.4, 0.5) is 119 Å². The summed E-state index contributed by atoms with van der Waals surface area (Å²) in [6.07, 6.45) is -36.4. The Labute approximate surface area is 462 Å². The highest BCUT2D eigenvalue weighted by Gasteiger charge is 2.47. The van der Waals surface area contributed by atoms with Crippen LogP contribution in [-0.4, -0.2) is 31.4 Å². The molecule has 0 amide bonds. The maximum atomic E-state index is 14.2. The molecule has 4 rings (SSSR count). The van der Waals surface area contributed by atoms with Crippen LogP contribution in [0.1, 0.15) is 154 Å². The van der Waals surface area contributed by atoms with Gasteiger partial charge < -0.3 is 0 Å². The summed E-state index contributed by atoms with van der Waals surface area (Å²) in [4.78, 5) is 0. The van der Waals surface area contributed by atoms with E-state index in [9.17, 15) is 119 Å². The zero-order chi connectivity index (χ0) is 63.4. The van der Waals surface area contributed by atoms with Gasteiger partial charge in [-0.2, -0.15) is 145 Å². The summed E-state index contributed by atoms with van der Waals surface area (Å²) in [5.41, 5.74) is -30.2. The van der Waals surface area contributed by atoms with Gasteiger partial charge in [0.05, 0.1) is 44.5 Å². The van der Waals surface area contributed by atoms with E-state index < -0.39 is 207 Å². The Morgan fingerprint density at radius 2 is 0.434 bits per heavy atom. The normalized spacial score (nSPS) is 13.7. The lowest BCUT2D eigenvalue weighted by atomic mass is 9.12. The molecule has 30 heteroatoms. The fourth-order valence-corrected chi connectivity index (χ4v) is 9.65. The molecule has 0 aliphatic carbocycles. The first-order chi connectivity index (χ1) is 37.7. The van der Waals surface area contributed by atoms with E-state index >= 15 is 0 Å². The second-order valence-corrected chi connectivity index (χ2v) is 21.5. The Balaban J connectivity index is 0.000000584.